The van der Waals surface area contributed by atoms with E-state index in [4.69, 9.17) is 9.47 Å². The maximum atomic E-state index is 9.32. The van der Waals surface area contributed by atoms with E-state index in [0.717, 1.165) is 24.3 Å². The SMILES string of the molecule is Oc1cc(OCCCOc2cc(O)c(O)c(O)c2)cc(O)c1O. The lowest BCUT2D eigenvalue weighted by molar-refractivity contribution is 0.244. The van der Waals surface area contributed by atoms with Gasteiger partial charge in [-0.2, -0.15) is 0 Å². The van der Waals surface area contributed by atoms with Crippen LogP contribution in [0.1, 0.15) is 6.42 Å². The van der Waals surface area contributed by atoms with Crippen LogP contribution in [0.3, 0.4) is 0 Å². The molecule has 0 aliphatic rings. The van der Waals surface area contributed by atoms with Gasteiger partial charge in [0.15, 0.2) is 23.0 Å². The average molecular weight is 324 g/mol. The standard InChI is InChI=1S/C15H16O8/c16-10-4-8(5-11(17)14(10)20)22-2-1-3-23-9-6-12(18)15(21)13(19)7-9/h4-7,16-21H,1-3H2. The quantitative estimate of drug-likeness (QED) is 0.349. The van der Waals surface area contributed by atoms with Crippen LogP contribution in [0.4, 0.5) is 0 Å². The van der Waals surface area contributed by atoms with Crippen LogP contribution in [0.25, 0.3) is 0 Å². The Balaban J connectivity index is 1.80. The summed E-state index contributed by atoms with van der Waals surface area (Å²) in [6.45, 7) is 0.388. The highest BCUT2D eigenvalue weighted by molar-refractivity contribution is 5.54. The average Bonchev–Trinajstić information content (AvgIpc) is 2.49. The second-order valence-corrected chi connectivity index (χ2v) is 4.67. The van der Waals surface area contributed by atoms with Crippen LogP contribution in [0.5, 0.6) is 46.0 Å². The largest absolute Gasteiger partial charge is 0.504 e. The number of rotatable bonds is 6. The van der Waals surface area contributed by atoms with Crippen LogP contribution in [0, 0.1) is 0 Å². The molecule has 8 heteroatoms. The Bertz CT molecular complexity index is 592. The number of ether oxygens (including phenoxy) is 2. The molecule has 0 aromatic heterocycles. The van der Waals surface area contributed by atoms with Gasteiger partial charge in [-0.05, 0) is 0 Å². The van der Waals surface area contributed by atoms with Crippen LogP contribution in [0.15, 0.2) is 24.3 Å². The van der Waals surface area contributed by atoms with Crippen LogP contribution < -0.4 is 9.47 Å². The van der Waals surface area contributed by atoms with Gasteiger partial charge in [-0.3, -0.25) is 0 Å². The summed E-state index contributed by atoms with van der Waals surface area (Å²) in [7, 11) is 0. The third kappa shape index (κ3) is 3.94. The lowest BCUT2D eigenvalue weighted by Gasteiger charge is -2.10. The normalized spacial score (nSPS) is 10.4. The maximum Gasteiger partial charge on any atom is 0.200 e. The molecule has 124 valence electrons. The molecule has 0 heterocycles. The van der Waals surface area contributed by atoms with Crippen molar-refractivity contribution in [2.24, 2.45) is 0 Å². The van der Waals surface area contributed by atoms with Gasteiger partial charge in [-0.25, -0.2) is 0 Å². The summed E-state index contributed by atoms with van der Waals surface area (Å²) in [5, 5.41) is 55.7. The van der Waals surface area contributed by atoms with Crippen molar-refractivity contribution in [3.63, 3.8) is 0 Å². The van der Waals surface area contributed by atoms with Crippen molar-refractivity contribution in [3.8, 4) is 46.0 Å². The smallest absolute Gasteiger partial charge is 0.200 e. The molecule has 0 atom stereocenters. The van der Waals surface area contributed by atoms with Gasteiger partial charge in [0.25, 0.3) is 0 Å². The minimum Gasteiger partial charge on any atom is -0.504 e. The van der Waals surface area contributed by atoms with E-state index >= 15 is 0 Å². The summed E-state index contributed by atoms with van der Waals surface area (Å²) in [4.78, 5) is 0. The van der Waals surface area contributed by atoms with Gasteiger partial charge in [-0.15, -0.1) is 0 Å². The predicted molar refractivity (Wildman–Crippen MR) is 78.5 cm³/mol. The van der Waals surface area contributed by atoms with E-state index < -0.39 is 34.5 Å². The zero-order valence-corrected chi connectivity index (χ0v) is 11.9. The number of phenolic OH excluding ortho intramolecular Hbond substituents is 6. The van der Waals surface area contributed by atoms with E-state index in [0.29, 0.717) is 6.42 Å². The van der Waals surface area contributed by atoms with Gasteiger partial charge in [0.1, 0.15) is 11.5 Å². The van der Waals surface area contributed by atoms with Gasteiger partial charge in [-0.1, -0.05) is 0 Å². The molecule has 8 nitrogen and oxygen atoms in total. The zero-order valence-electron chi connectivity index (χ0n) is 11.9. The molecule has 23 heavy (non-hydrogen) atoms. The van der Waals surface area contributed by atoms with Gasteiger partial charge < -0.3 is 40.1 Å². The van der Waals surface area contributed by atoms with Gasteiger partial charge in [0.2, 0.25) is 11.5 Å². The minimum absolute atomic E-state index is 0.178. The Hall–Kier alpha value is -3.16. The molecule has 0 radical (unpaired) electrons. The summed E-state index contributed by atoms with van der Waals surface area (Å²) >= 11 is 0. The van der Waals surface area contributed by atoms with Gasteiger partial charge >= 0.3 is 0 Å². The summed E-state index contributed by atoms with van der Waals surface area (Å²) < 4.78 is 10.6. The highest BCUT2D eigenvalue weighted by Gasteiger charge is 2.10. The molecule has 0 aliphatic carbocycles. The van der Waals surface area contributed by atoms with Crippen molar-refractivity contribution in [1.29, 1.82) is 0 Å². The first-order valence-corrected chi connectivity index (χ1v) is 6.64. The van der Waals surface area contributed by atoms with Crippen molar-refractivity contribution in [3.05, 3.63) is 24.3 Å². The first-order valence-electron chi connectivity index (χ1n) is 6.64. The van der Waals surface area contributed by atoms with Crippen molar-refractivity contribution in [2.45, 2.75) is 6.42 Å². The summed E-state index contributed by atoms with van der Waals surface area (Å²) in [5.41, 5.74) is 0. The minimum atomic E-state index is -0.618. The molecule has 0 unspecified atom stereocenters. The fourth-order valence-electron chi connectivity index (χ4n) is 1.76. The topological polar surface area (TPSA) is 140 Å². The van der Waals surface area contributed by atoms with Crippen molar-refractivity contribution in [1.82, 2.24) is 0 Å². The Kier molecular flexibility index (Phi) is 4.75. The molecule has 6 N–H and O–H groups in total. The van der Waals surface area contributed by atoms with Crippen molar-refractivity contribution in [2.75, 3.05) is 13.2 Å². The first kappa shape index (κ1) is 16.2. The van der Waals surface area contributed by atoms with E-state index in [1.165, 1.54) is 0 Å². The third-order valence-corrected chi connectivity index (χ3v) is 2.91. The fraction of sp³-hybridized carbons (Fsp3) is 0.200. The van der Waals surface area contributed by atoms with Crippen LogP contribution >= 0.6 is 0 Å². The molecule has 2 rings (SSSR count). The Labute approximate surface area is 131 Å². The lowest BCUT2D eigenvalue weighted by atomic mass is 10.2. The molecule has 0 saturated heterocycles. The van der Waals surface area contributed by atoms with Crippen molar-refractivity contribution >= 4 is 0 Å². The van der Waals surface area contributed by atoms with Gasteiger partial charge in [0.05, 0.1) is 13.2 Å². The Morgan fingerprint density at radius 2 is 0.870 bits per heavy atom. The number of benzene rings is 2. The summed E-state index contributed by atoms with van der Waals surface area (Å²) in [5.74, 6) is -2.86. The van der Waals surface area contributed by atoms with E-state index in [1.54, 1.807) is 0 Å². The predicted octanol–water partition coefficient (Wildman–Crippen LogP) is 1.77. The molecule has 0 aliphatic heterocycles. The molecule has 0 bridgehead atoms. The molecule has 2 aromatic carbocycles. The van der Waals surface area contributed by atoms with E-state index in [2.05, 4.69) is 0 Å². The van der Waals surface area contributed by atoms with Crippen molar-refractivity contribution < 1.29 is 40.1 Å². The first-order chi connectivity index (χ1) is 10.9. The lowest BCUT2D eigenvalue weighted by Crippen LogP contribution is -2.05. The van der Waals surface area contributed by atoms with E-state index in [-0.39, 0.29) is 24.7 Å². The Morgan fingerprint density at radius 3 is 1.17 bits per heavy atom. The second-order valence-electron chi connectivity index (χ2n) is 4.67. The highest BCUT2D eigenvalue weighted by atomic mass is 16.5. The van der Waals surface area contributed by atoms with Crippen LogP contribution in [-0.4, -0.2) is 43.9 Å². The van der Waals surface area contributed by atoms with E-state index in [9.17, 15) is 30.6 Å². The molecule has 0 fully saturated rings. The Morgan fingerprint density at radius 1 is 0.565 bits per heavy atom. The highest BCUT2D eigenvalue weighted by Crippen LogP contribution is 2.39. The number of aromatic hydroxyl groups is 6. The molecular weight excluding hydrogens is 308 g/mol. The third-order valence-electron chi connectivity index (χ3n) is 2.91. The second kappa shape index (κ2) is 6.73. The monoisotopic (exact) mass is 324 g/mol. The maximum absolute atomic E-state index is 9.32. The van der Waals surface area contributed by atoms with Crippen LogP contribution in [0.2, 0.25) is 0 Å². The molecule has 0 amide bonds. The van der Waals surface area contributed by atoms with Crippen LogP contribution in [-0.2, 0) is 0 Å². The molecule has 0 spiro atoms. The zero-order chi connectivity index (χ0) is 17.0. The van der Waals surface area contributed by atoms with Gasteiger partial charge in [0, 0.05) is 30.7 Å². The molecule has 0 saturated carbocycles. The van der Waals surface area contributed by atoms with E-state index in [1.807, 2.05) is 0 Å². The molecule has 2 aromatic rings. The summed E-state index contributed by atoms with van der Waals surface area (Å²) in [6, 6.07) is 4.63. The number of hydrogen-bond donors (Lipinski definition) is 6. The fourth-order valence-corrected chi connectivity index (χ4v) is 1.76. The number of phenols is 6. The number of hydrogen-bond acceptors (Lipinski definition) is 8. The molecular formula is C15H16O8. The summed E-state index contributed by atoms with van der Waals surface area (Å²) in [6.07, 6.45) is 0.421.